The molecule has 0 amide bonds. The molecule has 1 fully saturated rings. The van der Waals surface area contributed by atoms with E-state index in [0.717, 1.165) is 10.4 Å². The third-order valence-corrected chi connectivity index (χ3v) is 7.21. The number of rotatable bonds is 5. The van der Waals surface area contributed by atoms with Crippen molar-refractivity contribution in [1.82, 2.24) is 23.8 Å². The maximum absolute atomic E-state index is 13.4. The molecule has 0 aliphatic carbocycles. The Morgan fingerprint density at radius 3 is 2.66 bits per heavy atom. The van der Waals surface area contributed by atoms with Gasteiger partial charge < -0.3 is 0 Å². The quantitative estimate of drug-likeness (QED) is 0.578. The zero-order valence-electron chi connectivity index (χ0n) is 16.8. The number of aromatic amines is 1. The van der Waals surface area contributed by atoms with Crippen molar-refractivity contribution in [3.8, 4) is 5.69 Å². The predicted molar refractivity (Wildman–Crippen MR) is 115 cm³/mol. The van der Waals surface area contributed by atoms with Crippen molar-refractivity contribution in [3.05, 3.63) is 81.2 Å². The van der Waals surface area contributed by atoms with Gasteiger partial charge in [0.25, 0.3) is 10.2 Å². The van der Waals surface area contributed by atoms with Gasteiger partial charge in [-0.1, -0.05) is 35.9 Å². The van der Waals surface area contributed by atoms with Crippen LogP contribution in [0.4, 0.5) is 4.39 Å². The molecular weight excluding hydrogens is 461 g/mol. The first kappa shape index (κ1) is 22.3. The first-order valence-electron chi connectivity index (χ1n) is 9.62. The maximum atomic E-state index is 13.4. The summed E-state index contributed by atoms with van der Waals surface area (Å²) in [7, 11) is -2.74. The van der Waals surface area contributed by atoms with Gasteiger partial charge in [-0.2, -0.15) is 22.5 Å². The van der Waals surface area contributed by atoms with Crippen LogP contribution in [-0.4, -0.2) is 46.4 Å². The van der Waals surface area contributed by atoms with Gasteiger partial charge in [-0.25, -0.2) is 18.9 Å². The van der Waals surface area contributed by atoms with E-state index in [1.54, 1.807) is 30.3 Å². The number of ketones is 1. The van der Waals surface area contributed by atoms with Gasteiger partial charge in [0.05, 0.1) is 22.8 Å². The zero-order valence-corrected chi connectivity index (χ0v) is 18.4. The zero-order chi connectivity index (χ0) is 23.0. The van der Waals surface area contributed by atoms with E-state index in [1.165, 1.54) is 23.7 Å². The molecule has 0 bridgehead atoms. The molecule has 2 N–H and O–H groups in total. The van der Waals surface area contributed by atoms with Crippen LogP contribution in [0.2, 0.25) is 5.02 Å². The lowest BCUT2D eigenvalue weighted by Crippen LogP contribution is -2.55. The van der Waals surface area contributed by atoms with Crippen molar-refractivity contribution in [2.24, 2.45) is 0 Å². The Morgan fingerprint density at radius 2 is 1.97 bits per heavy atom. The van der Waals surface area contributed by atoms with E-state index in [9.17, 15) is 22.4 Å². The van der Waals surface area contributed by atoms with Gasteiger partial charge >= 0.3 is 5.69 Å². The third-order valence-electron chi connectivity index (χ3n) is 5.33. The number of hydrogen-bond donors (Lipinski definition) is 2. The summed E-state index contributed by atoms with van der Waals surface area (Å²) >= 11 is 5.79. The molecule has 9 nitrogen and oxygen atoms in total. The number of hydrogen-bond acceptors (Lipinski definition) is 5. The van der Waals surface area contributed by atoms with Gasteiger partial charge in [-0.15, -0.1) is 0 Å². The number of Topliss-reactive ketones (excluding diaryl/α,β-unsaturated/α-hetero) is 1. The molecule has 2 heterocycles. The lowest BCUT2D eigenvalue weighted by atomic mass is 9.98. The van der Waals surface area contributed by atoms with Crippen LogP contribution in [-0.2, 0) is 21.4 Å². The summed E-state index contributed by atoms with van der Waals surface area (Å²) < 4.78 is 43.6. The Morgan fingerprint density at radius 1 is 1.25 bits per heavy atom. The number of halogens is 2. The summed E-state index contributed by atoms with van der Waals surface area (Å²) in [5.74, 6) is -0.864. The van der Waals surface area contributed by atoms with E-state index < -0.39 is 39.6 Å². The van der Waals surface area contributed by atoms with Crippen LogP contribution in [0.3, 0.4) is 0 Å². The second kappa shape index (κ2) is 8.58. The van der Waals surface area contributed by atoms with Crippen LogP contribution in [0.1, 0.15) is 23.9 Å². The lowest BCUT2D eigenvalue weighted by Gasteiger charge is -2.35. The summed E-state index contributed by atoms with van der Waals surface area (Å²) in [5, 5.41) is 6.23. The highest BCUT2D eigenvalue weighted by molar-refractivity contribution is 7.87. The number of H-pyrrole nitrogens is 1. The van der Waals surface area contributed by atoms with E-state index in [0.29, 0.717) is 11.3 Å². The summed E-state index contributed by atoms with van der Waals surface area (Å²) in [6, 6.07) is 10.6. The Labute approximate surface area is 188 Å². The van der Waals surface area contributed by atoms with Crippen molar-refractivity contribution in [3.63, 3.8) is 0 Å². The summed E-state index contributed by atoms with van der Waals surface area (Å²) in [4.78, 5) is 25.4. The first-order valence-corrected chi connectivity index (χ1v) is 11.4. The van der Waals surface area contributed by atoms with Crippen LogP contribution in [0.5, 0.6) is 0 Å². The van der Waals surface area contributed by atoms with Crippen molar-refractivity contribution >= 4 is 27.6 Å². The van der Waals surface area contributed by atoms with Crippen molar-refractivity contribution < 1.29 is 17.6 Å². The average Bonchev–Trinajstić information content (AvgIpc) is 3.14. The molecular formula is C20H19ClFN5O4S. The molecule has 0 saturated carbocycles. The largest absolute Gasteiger partial charge is 0.347 e. The standard InChI is InChI=1S/C20H19ClFN5O4S/c1-26-17(18(28)10-12-7-8-15(22)14(21)9-12)11-16(25-32(26,30)31)19-23-24-20(29)27(19)13-5-3-2-4-6-13/h2-9,16-17,25H,10-11H2,1H3,(H,24,29). The highest BCUT2D eigenvalue weighted by atomic mass is 35.5. The fraction of sp³-hybridized carbons (Fsp3) is 0.250. The molecule has 4 rings (SSSR count). The number of carbonyl (C=O) groups is 1. The predicted octanol–water partition coefficient (Wildman–Crippen LogP) is 1.74. The highest BCUT2D eigenvalue weighted by Gasteiger charge is 2.42. The lowest BCUT2D eigenvalue weighted by molar-refractivity contribution is -0.122. The second-order valence-electron chi connectivity index (χ2n) is 7.39. The van der Waals surface area contributed by atoms with Gasteiger partial charge in [0, 0.05) is 13.5 Å². The number of likely N-dealkylation sites (N-methyl/N-ethyl adjacent to an activating group) is 1. The molecule has 1 aromatic heterocycles. The SMILES string of the molecule is CN1C(C(=O)Cc2ccc(F)c(Cl)c2)CC(c2n[nH]c(=O)n2-c2ccccc2)NS1(=O)=O. The molecule has 168 valence electrons. The molecule has 32 heavy (non-hydrogen) atoms. The van der Waals surface area contributed by atoms with Gasteiger partial charge in [0.1, 0.15) is 5.82 Å². The Balaban J connectivity index is 1.66. The van der Waals surface area contributed by atoms with Crippen molar-refractivity contribution in [1.29, 1.82) is 0 Å². The Kier molecular flexibility index (Phi) is 5.99. The topological polar surface area (TPSA) is 117 Å². The highest BCUT2D eigenvalue weighted by Crippen LogP contribution is 2.28. The molecule has 1 aliphatic heterocycles. The van der Waals surface area contributed by atoms with E-state index >= 15 is 0 Å². The number of nitrogens with zero attached hydrogens (tertiary/aromatic N) is 3. The average molecular weight is 480 g/mol. The molecule has 2 atom stereocenters. The van der Waals surface area contributed by atoms with Gasteiger partial charge in [0.15, 0.2) is 11.6 Å². The second-order valence-corrected chi connectivity index (χ2v) is 9.56. The summed E-state index contributed by atoms with van der Waals surface area (Å²) in [6.07, 6.45) is -0.0933. The third kappa shape index (κ3) is 4.24. The van der Waals surface area contributed by atoms with Gasteiger partial charge in [-0.05, 0) is 36.2 Å². The van der Waals surface area contributed by atoms with Crippen LogP contribution < -0.4 is 10.4 Å². The van der Waals surface area contributed by atoms with Crippen LogP contribution >= 0.6 is 11.6 Å². The molecule has 2 unspecified atom stereocenters. The Hall–Kier alpha value is -2.86. The van der Waals surface area contributed by atoms with Gasteiger partial charge in [0.2, 0.25) is 0 Å². The van der Waals surface area contributed by atoms with Gasteiger partial charge in [-0.3, -0.25) is 4.79 Å². The minimum Gasteiger partial charge on any atom is -0.298 e. The number of carbonyl (C=O) groups excluding carboxylic acids is 1. The minimum atomic E-state index is -4.04. The van der Waals surface area contributed by atoms with E-state index in [2.05, 4.69) is 14.9 Å². The molecule has 3 aromatic rings. The molecule has 2 aromatic carbocycles. The molecule has 12 heteroatoms. The number of aromatic nitrogens is 3. The van der Waals surface area contributed by atoms with E-state index in [1.807, 2.05) is 0 Å². The normalized spacial score (nSPS) is 20.8. The van der Waals surface area contributed by atoms with Crippen LogP contribution in [0.15, 0.2) is 53.3 Å². The number of nitrogens with one attached hydrogen (secondary N) is 2. The monoisotopic (exact) mass is 479 g/mol. The molecule has 0 radical (unpaired) electrons. The molecule has 0 spiro atoms. The van der Waals surface area contributed by atoms with Crippen molar-refractivity contribution in [2.45, 2.75) is 24.9 Å². The number of para-hydroxylation sites is 1. The summed E-state index contributed by atoms with van der Waals surface area (Å²) in [6.45, 7) is 0. The van der Waals surface area contributed by atoms with Crippen molar-refractivity contribution in [2.75, 3.05) is 7.05 Å². The smallest absolute Gasteiger partial charge is 0.298 e. The Bertz CT molecular complexity index is 1330. The maximum Gasteiger partial charge on any atom is 0.347 e. The molecule has 1 aliphatic rings. The van der Waals surface area contributed by atoms with Crippen LogP contribution in [0.25, 0.3) is 5.69 Å². The number of benzene rings is 2. The fourth-order valence-electron chi connectivity index (χ4n) is 3.68. The first-order chi connectivity index (χ1) is 15.2. The van der Waals surface area contributed by atoms with E-state index in [4.69, 9.17) is 11.6 Å². The summed E-state index contributed by atoms with van der Waals surface area (Å²) in [5.41, 5.74) is 0.430. The molecule has 1 saturated heterocycles. The fourth-order valence-corrected chi connectivity index (χ4v) is 5.15. The van der Waals surface area contributed by atoms with Crippen LogP contribution in [0, 0.1) is 5.82 Å². The van der Waals surface area contributed by atoms with E-state index in [-0.39, 0.29) is 23.7 Å². The minimum absolute atomic E-state index is 0.0423.